The van der Waals surface area contributed by atoms with E-state index < -0.39 is 11.7 Å². The first kappa shape index (κ1) is 17.1. The van der Waals surface area contributed by atoms with Crippen LogP contribution in [0.25, 0.3) is 0 Å². The van der Waals surface area contributed by atoms with Gasteiger partial charge in [0.2, 0.25) is 6.54 Å². The number of hydrogen-bond acceptors (Lipinski definition) is 3. The Morgan fingerprint density at radius 3 is 1.93 bits per heavy atom. The van der Waals surface area contributed by atoms with Crippen LogP contribution in [0.3, 0.4) is 0 Å². The molecule has 3 aromatic rings. The number of carbonyl (C=O) groups is 1. The van der Waals surface area contributed by atoms with Crippen LogP contribution in [0.5, 0.6) is 0 Å². The van der Waals surface area contributed by atoms with Crippen LogP contribution in [0.4, 0.5) is 4.39 Å². The van der Waals surface area contributed by atoms with Crippen molar-refractivity contribution in [2.75, 3.05) is 6.54 Å². The molecule has 3 aromatic carbocycles. The summed E-state index contributed by atoms with van der Waals surface area (Å²) in [6, 6.07) is 20.3. The molecule has 4 nitrogen and oxygen atoms in total. The van der Waals surface area contributed by atoms with Gasteiger partial charge < -0.3 is 0 Å². The first-order chi connectivity index (χ1) is 13.1. The molecule has 1 aliphatic rings. The summed E-state index contributed by atoms with van der Waals surface area (Å²) in [7, 11) is 0. The fraction of sp³-hybridized carbons (Fsp3) is 0.136. The van der Waals surface area contributed by atoms with Crippen LogP contribution in [-0.4, -0.2) is 17.3 Å². The lowest BCUT2D eigenvalue weighted by Gasteiger charge is -2.32. The van der Waals surface area contributed by atoms with Crippen molar-refractivity contribution in [3.8, 4) is 0 Å². The van der Waals surface area contributed by atoms with Crippen LogP contribution >= 0.6 is 0 Å². The van der Waals surface area contributed by atoms with E-state index in [1.54, 1.807) is 36.4 Å². The van der Waals surface area contributed by atoms with Crippen molar-refractivity contribution in [2.45, 2.75) is 11.8 Å². The maximum absolute atomic E-state index is 13.4. The third kappa shape index (κ3) is 3.01. The van der Waals surface area contributed by atoms with Crippen LogP contribution in [0.2, 0.25) is 0 Å². The van der Waals surface area contributed by atoms with Gasteiger partial charge in [-0.2, -0.15) is 0 Å². The molecule has 0 N–H and O–H groups in total. The summed E-state index contributed by atoms with van der Waals surface area (Å²) in [4.78, 5) is 24.0. The molecular formula is C22H16FNO3. The van der Waals surface area contributed by atoms with Gasteiger partial charge in [0.05, 0.1) is 5.92 Å². The minimum Gasteiger partial charge on any atom is -0.289 e. The molecule has 0 aliphatic heterocycles. The van der Waals surface area contributed by atoms with E-state index in [9.17, 15) is 19.3 Å². The van der Waals surface area contributed by atoms with E-state index in [1.165, 1.54) is 12.1 Å². The molecule has 0 saturated heterocycles. The Morgan fingerprint density at radius 1 is 0.889 bits per heavy atom. The maximum atomic E-state index is 13.4. The number of ketones is 1. The minimum atomic E-state index is -0.518. The van der Waals surface area contributed by atoms with Gasteiger partial charge in [0.25, 0.3) is 0 Å². The topological polar surface area (TPSA) is 60.2 Å². The maximum Gasteiger partial charge on any atom is 0.211 e. The highest BCUT2D eigenvalue weighted by atomic mass is 19.1. The molecule has 0 bridgehead atoms. The molecule has 1 atom stereocenters. The van der Waals surface area contributed by atoms with Gasteiger partial charge in [-0.3, -0.25) is 14.9 Å². The second kappa shape index (κ2) is 6.76. The largest absolute Gasteiger partial charge is 0.289 e. The van der Waals surface area contributed by atoms with Gasteiger partial charge in [-0.05, 0) is 28.8 Å². The smallest absolute Gasteiger partial charge is 0.211 e. The predicted octanol–water partition coefficient (Wildman–Crippen LogP) is 4.56. The molecule has 4 rings (SSSR count). The summed E-state index contributed by atoms with van der Waals surface area (Å²) < 4.78 is 13.4. The summed E-state index contributed by atoms with van der Waals surface area (Å²) >= 11 is 0. The number of benzene rings is 3. The van der Waals surface area contributed by atoms with E-state index in [2.05, 4.69) is 0 Å². The van der Waals surface area contributed by atoms with Crippen LogP contribution in [0.15, 0.2) is 72.8 Å². The van der Waals surface area contributed by atoms with E-state index in [0.29, 0.717) is 16.7 Å². The van der Waals surface area contributed by atoms with Crippen molar-refractivity contribution in [1.29, 1.82) is 0 Å². The van der Waals surface area contributed by atoms with E-state index in [0.717, 1.165) is 11.1 Å². The number of halogens is 1. The quantitative estimate of drug-likeness (QED) is 0.505. The highest BCUT2D eigenvalue weighted by Crippen LogP contribution is 2.45. The lowest BCUT2D eigenvalue weighted by Crippen LogP contribution is -2.27. The van der Waals surface area contributed by atoms with Crippen LogP contribution in [0, 0.1) is 15.9 Å². The molecule has 0 heterocycles. The first-order valence-corrected chi connectivity index (χ1v) is 8.66. The number of fused-ring (bicyclic) bond motifs is 2. The molecule has 0 radical (unpaired) electrons. The van der Waals surface area contributed by atoms with Gasteiger partial charge in [0.15, 0.2) is 5.78 Å². The van der Waals surface area contributed by atoms with E-state index in [4.69, 9.17) is 0 Å². The van der Waals surface area contributed by atoms with Crippen LogP contribution < -0.4 is 0 Å². The second-order valence-electron chi connectivity index (χ2n) is 6.65. The minimum absolute atomic E-state index is 0.0728. The van der Waals surface area contributed by atoms with Crippen LogP contribution in [0.1, 0.15) is 44.4 Å². The summed E-state index contributed by atoms with van der Waals surface area (Å²) in [5, 5.41) is 11.4. The van der Waals surface area contributed by atoms with E-state index >= 15 is 0 Å². The monoisotopic (exact) mass is 361 g/mol. The number of hydrogen-bond donors (Lipinski definition) is 0. The number of rotatable bonds is 4. The molecule has 1 aliphatic carbocycles. The summed E-state index contributed by atoms with van der Waals surface area (Å²) in [5.74, 6) is -1.34. The Balaban J connectivity index is 1.94. The van der Waals surface area contributed by atoms with Crippen molar-refractivity contribution in [2.24, 2.45) is 0 Å². The van der Waals surface area contributed by atoms with E-state index in [1.807, 2.05) is 24.3 Å². The van der Waals surface area contributed by atoms with Gasteiger partial charge in [-0.1, -0.05) is 60.7 Å². The molecule has 134 valence electrons. The zero-order valence-corrected chi connectivity index (χ0v) is 14.3. The molecule has 0 amide bonds. The average Bonchev–Trinajstić information content (AvgIpc) is 2.68. The molecule has 0 spiro atoms. The van der Waals surface area contributed by atoms with Crippen molar-refractivity contribution < 1.29 is 14.1 Å². The Labute approximate surface area is 155 Å². The average molecular weight is 361 g/mol. The Kier molecular flexibility index (Phi) is 4.28. The Hall–Kier alpha value is -3.34. The predicted molar refractivity (Wildman–Crippen MR) is 99.2 cm³/mol. The zero-order chi connectivity index (χ0) is 19.0. The molecule has 27 heavy (non-hydrogen) atoms. The lowest BCUT2D eigenvalue weighted by molar-refractivity contribution is -0.483. The summed E-state index contributed by atoms with van der Waals surface area (Å²) in [6.07, 6.45) is 0. The van der Waals surface area contributed by atoms with Gasteiger partial charge in [0.1, 0.15) is 5.82 Å². The molecule has 5 heteroatoms. The second-order valence-corrected chi connectivity index (χ2v) is 6.65. The molecular weight excluding hydrogens is 345 g/mol. The van der Waals surface area contributed by atoms with Gasteiger partial charge in [0, 0.05) is 22.0 Å². The normalized spacial score (nSPS) is 14.3. The fourth-order valence-corrected chi connectivity index (χ4v) is 3.97. The third-order valence-electron chi connectivity index (χ3n) is 5.13. The zero-order valence-electron chi connectivity index (χ0n) is 14.3. The molecule has 0 aromatic heterocycles. The fourth-order valence-electron chi connectivity index (χ4n) is 3.97. The number of carbonyl (C=O) groups excluding carboxylic acids is 1. The lowest BCUT2D eigenvalue weighted by atomic mass is 9.70. The standard InChI is InChI=1S/C22H16FNO3/c23-15-11-9-14(10-12-15)20(13-24(26)27)21-16-5-1-3-7-18(16)22(25)19-8-4-2-6-17(19)21/h1-12,20-21H,13H2. The van der Waals surface area contributed by atoms with Gasteiger partial charge in [-0.15, -0.1) is 0 Å². The Bertz CT molecular complexity index is 980. The van der Waals surface area contributed by atoms with Crippen LogP contribution in [-0.2, 0) is 0 Å². The molecule has 0 fully saturated rings. The SMILES string of the molecule is O=C1c2ccccc2C(C(C[N+](=O)[O-])c2ccc(F)cc2)c2ccccc21. The molecule has 1 unspecified atom stereocenters. The number of nitrogens with zero attached hydrogens (tertiary/aromatic N) is 1. The van der Waals surface area contributed by atoms with E-state index in [-0.39, 0.29) is 23.2 Å². The Morgan fingerprint density at radius 2 is 1.41 bits per heavy atom. The van der Waals surface area contributed by atoms with Gasteiger partial charge in [-0.25, -0.2) is 4.39 Å². The van der Waals surface area contributed by atoms with Crippen molar-refractivity contribution in [1.82, 2.24) is 0 Å². The summed E-state index contributed by atoms with van der Waals surface area (Å²) in [5.41, 5.74) is 3.36. The van der Waals surface area contributed by atoms with Crippen molar-refractivity contribution in [3.63, 3.8) is 0 Å². The summed E-state index contributed by atoms with van der Waals surface area (Å²) in [6.45, 7) is -0.312. The molecule has 0 saturated carbocycles. The number of nitro groups is 1. The highest BCUT2D eigenvalue weighted by Gasteiger charge is 2.38. The highest BCUT2D eigenvalue weighted by molar-refractivity contribution is 6.12. The van der Waals surface area contributed by atoms with Gasteiger partial charge >= 0.3 is 0 Å². The third-order valence-corrected chi connectivity index (χ3v) is 5.13. The van der Waals surface area contributed by atoms with Crippen molar-refractivity contribution >= 4 is 5.78 Å². The first-order valence-electron chi connectivity index (χ1n) is 8.66. The van der Waals surface area contributed by atoms with Crippen molar-refractivity contribution in [3.05, 3.63) is 117 Å².